The van der Waals surface area contributed by atoms with E-state index >= 15 is 0 Å². The molecular weight excluding hydrogens is 302 g/mol. The largest absolute Gasteiger partial charge is 0.326 e. The summed E-state index contributed by atoms with van der Waals surface area (Å²) < 4.78 is 26.6. The molecular formula is C15H23N3O3S. The quantitative estimate of drug-likeness (QED) is 0.762. The maximum absolute atomic E-state index is 12.1. The van der Waals surface area contributed by atoms with Gasteiger partial charge in [-0.1, -0.05) is 0 Å². The number of rotatable bonds is 5. The summed E-state index contributed by atoms with van der Waals surface area (Å²) in [5, 5.41) is 6.04. The average molecular weight is 325 g/mol. The van der Waals surface area contributed by atoms with E-state index in [0.717, 1.165) is 19.4 Å². The number of sulfonamides is 1. The molecule has 1 unspecified atom stereocenters. The van der Waals surface area contributed by atoms with Crippen LogP contribution in [0.2, 0.25) is 0 Å². The number of nitrogens with one attached hydrogen (secondary N) is 3. The molecule has 1 aliphatic rings. The van der Waals surface area contributed by atoms with E-state index < -0.39 is 10.0 Å². The second-order valence-corrected chi connectivity index (χ2v) is 7.55. The Kier molecular flexibility index (Phi) is 5.55. The molecule has 0 bridgehead atoms. The highest BCUT2D eigenvalue weighted by molar-refractivity contribution is 7.89. The summed E-state index contributed by atoms with van der Waals surface area (Å²) in [5.41, 5.74) is 0.610. The predicted molar refractivity (Wildman–Crippen MR) is 86.1 cm³/mol. The van der Waals surface area contributed by atoms with Crippen molar-refractivity contribution < 1.29 is 13.2 Å². The van der Waals surface area contributed by atoms with Crippen LogP contribution < -0.4 is 15.4 Å². The van der Waals surface area contributed by atoms with Crippen LogP contribution in [-0.2, 0) is 14.8 Å². The van der Waals surface area contributed by atoms with Crippen LogP contribution >= 0.6 is 0 Å². The summed E-state index contributed by atoms with van der Waals surface area (Å²) in [4.78, 5) is 12.3. The monoisotopic (exact) mass is 325 g/mol. The Morgan fingerprint density at radius 2 is 1.95 bits per heavy atom. The molecule has 2 rings (SSSR count). The zero-order valence-electron chi connectivity index (χ0n) is 12.9. The highest BCUT2D eigenvalue weighted by atomic mass is 32.2. The molecule has 1 atom stereocenters. The second-order valence-electron chi connectivity index (χ2n) is 5.83. The van der Waals surface area contributed by atoms with Gasteiger partial charge < -0.3 is 10.6 Å². The molecule has 1 amide bonds. The van der Waals surface area contributed by atoms with Crippen LogP contribution in [0.1, 0.15) is 26.7 Å². The van der Waals surface area contributed by atoms with Crippen molar-refractivity contribution in [3.05, 3.63) is 24.3 Å². The normalized spacial score (nSPS) is 19.1. The number of amides is 1. The molecule has 22 heavy (non-hydrogen) atoms. The minimum atomic E-state index is -3.50. The smallest absolute Gasteiger partial charge is 0.240 e. The molecule has 0 radical (unpaired) electrons. The van der Waals surface area contributed by atoms with Gasteiger partial charge in [-0.15, -0.1) is 0 Å². The number of anilines is 1. The van der Waals surface area contributed by atoms with Crippen LogP contribution in [0.4, 0.5) is 5.69 Å². The molecule has 1 fully saturated rings. The average Bonchev–Trinajstić information content (AvgIpc) is 2.47. The zero-order chi connectivity index (χ0) is 16.2. The van der Waals surface area contributed by atoms with Crippen molar-refractivity contribution in [2.45, 2.75) is 37.6 Å². The first-order valence-electron chi connectivity index (χ1n) is 7.52. The number of benzene rings is 1. The van der Waals surface area contributed by atoms with Gasteiger partial charge in [-0.2, -0.15) is 0 Å². The van der Waals surface area contributed by atoms with Gasteiger partial charge in [0.25, 0.3) is 0 Å². The first kappa shape index (κ1) is 16.9. The topological polar surface area (TPSA) is 87.3 Å². The van der Waals surface area contributed by atoms with Crippen molar-refractivity contribution in [1.29, 1.82) is 0 Å². The van der Waals surface area contributed by atoms with Crippen LogP contribution in [0.25, 0.3) is 0 Å². The third kappa shape index (κ3) is 4.53. The Hall–Kier alpha value is -1.44. The maximum Gasteiger partial charge on any atom is 0.240 e. The standard InChI is InChI=1S/C15H23N3O3S/c1-11(2)18-22(20,21)14-7-5-13(6-8-14)17-15(19)12-4-3-9-16-10-12/h5-8,11-12,16,18H,3-4,9-10H2,1-2H3,(H,17,19). The summed E-state index contributed by atoms with van der Waals surface area (Å²) in [6.45, 7) is 5.19. The first-order chi connectivity index (χ1) is 10.4. The van der Waals surface area contributed by atoms with Crippen molar-refractivity contribution in [3.63, 3.8) is 0 Å². The number of hydrogen-bond donors (Lipinski definition) is 3. The number of carbonyl (C=O) groups is 1. The summed E-state index contributed by atoms with van der Waals surface area (Å²) in [6, 6.07) is 6.06. The highest BCUT2D eigenvalue weighted by Crippen LogP contribution is 2.17. The van der Waals surface area contributed by atoms with Crippen molar-refractivity contribution >= 4 is 21.6 Å². The van der Waals surface area contributed by atoms with Gasteiger partial charge in [0.05, 0.1) is 10.8 Å². The third-order valence-electron chi connectivity index (χ3n) is 3.49. The Bertz CT molecular complexity index is 605. The lowest BCUT2D eigenvalue weighted by Gasteiger charge is -2.21. The SMILES string of the molecule is CC(C)NS(=O)(=O)c1ccc(NC(=O)C2CCCNC2)cc1. The molecule has 3 N–H and O–H groups in total. The maximum atomic E-state index is 12.1. The van der Waals surface area contributed by atoms with Crippen LogP contribution in [-0.4, -0.2) is 33.5 Å². The highest BCUT2D eigenvalue weighted by Gasteiger charge is 2.21. The Morgan fingerprint density at radius 3 is 2.50 bits per heavy atom. The van der Waals surface area contributed by atoms with Gasteiger partial charge in [-0.3, -0.25) is 4.79 Å². The first-order valence-corrected chi connectivity index (χ1v) is 9.01. The Morgan fingerprint density at radius 1 is 1.27 bits per heavy atom. The summed E-state index contributed by atoms with van der Waals surface area (Å²) in [7, 11) is -3.50. The molecule has 0 spiro atoms. The van der Waals surface area contributed by atoms with Gasteiger partial charge in [0, 0.05) is 18.3 Å². The molecule has 1 saturated heterocycles. The van der Waals surface area contributed by atoms with Gasteiger partial charge in [-0.05, 0) is 57.5 Å². The third-order valence-corrected chi connectivity index (χ3v) is 5.17. The van der Waals surface area contributed by atoms with E-state index in [-0.39, 0.29) is 22.8 Å². The lowest BCUT2D eigenvalue weighted by Crippen LogP contribution is -2.37. The van der Waals surface area contributed by atoms with Gasteiger partial charge in [-0.25, -0.2) is 13.1 Å². The lowest BCUT2D eigenvalue weighted by molar-refractivity contribution is -0.120. The Balaban J connectivity index is 2.01. The van der Waals surface area contributed by atoms with E-state index in [1.807, 2.05) is 0 Å². The minimum absolute atomic E-state index is 0.0249. The van der Waals surface area contributed by atoms with Crippen molar-refractivity contribution in [2.24, 2.45) is 5.92 Å². The fourth-order valence-corrected chi connectivity index (χ4v) is 3.67. The fourth-order valence-electron chi connectivity index (χ4n) is 2.42. The van der Waals surface area contributed by atoms with E-state index in [0.29, 0.717) is 12.2 Å². The zero-order valence-corrected chi connectivity index (χ0v) is 13.7. The molecule has 122 valence electrons. The second kappa shape index (κ2) is 7.21. The van der Waals surface area contributed by atoms with E-state index in [2.05, 4.69) is 15.4 Å². The van der Waals surface area contributed by atoms with Crippen molar-refractivity contribution in [2.75, 3.05) is 18.4 Å². The van der Waals surface area contributed by atoms with Crippen molar-refractivity contribution in [1.82, 2.24) is 10.0 Å². The van der Waals surface area contributed by atoms with E-state index in [1.54, 1.807) is 26.0 Å². The number of hydrogen-bond acceptors (Lipinski definition) is 4. The van der Waals surface area contributed by atoms with Gasteiger partial charge in [0.15, 0.2) is 0 Å². The number of piperidine rings is 1. The van der Waals surface area contributed by atoms with E-state index in [4.69, 9.17) is 0 Å². The summed E-state index contributed by atoms with van der Waals surface area (Å²) >= 11 is 0. The number of carbonyl (C=O) groups excluding carboxylic acids is 1. The predicted octanol–water partition coefficient (Wildman–Crippen LogP) is 1.31. The van der Waals surface area contributed by atoms with E-state index in [1.165, 1.54) is 12.1 Å². The Labute approximate surface area is 131 Å². The van der Waals surface area contributed by atoms with Gasteiger partial charge in [0.2, 0.25) is 15.9 Å². The molecule has 1 aromatic rings. The van der Waals surface area contributed by atoms with Gasteiger partial charge in [0.1, 0.15) is 0 Å². The molecule has 0 aromatic heterocycles. The molecule has 7 heteroatoms. The van der Waals surface area contributed by atoms with Gasteiger partial charge >= 0.3 is 0 Å². The fraction of sp³-hybridized carbons (Fsp3) is 0.533. The van der Waals surface area contributed by atoms with Crippen molar-refractivity contribution in [3.8, 4) is 0 Å². The van der Waals surface area contributed by atoms with E-state index in [9.17, 15) is 13.2 Å². The summed E-state index contributed by atoms with van der Waals surface area (Å²) in [5.74, 6) is -0.0529. The summed E-state index contributed by atoms with van der Waals surface area (Å²) in [6.07, 6.45) is 1.87. The van der Waals surface area contributed by atoms with Crippen LogP contribution in [0, 0.1) is 5.92 Å². The molecule has 1 aromatic carbocycles. The molecule has 0 saturated carbocycles. The minimum Gasteiger partial charge on any atom is -0.326 e. The molecule has 6 nitrogen and oxygen atoms in total. The van der Waals surface area contributed by atoms with Crippen LogP contribution in [0.5, 0.6) is 0 Å². The molecule has 1 aliphatic heterocycles. The molecule has 1 heterocycles. The molecule has 0 aliphatic carbocycles. The lowest BCUT2D eigenvalue weighted by atomic mass is 9.99. The van der Waals surface area contributed by atoms with Crippen LogP contribution in [0.15, 0.2) is 29.2 Å². The van der Waals surface area contributed by atoms with Crippen LogP contribution in [0.3, 0.4) is 0 Å².